The minimum Gasteiger partial charge on any atom is -0.476 e. The number of aromatic nitrogens is 1. The van der Waals surface area contributed by atoms with E-state index in [1.807, 2.05) is 13.8 Å². The van der Waals surface area contributed by atoms with Gasteiger partial charge in [0.05, 0.1) is 6.54 Å². The first-order valence-electron chi connectivity index (χ1n) is 6.28. The maximum absolute atomic E-state index is 12.1. The molecule has 1 aromatic heterocycles. The Kier molecular flexibility index (Phi) is 4.75. The van der Waals surface area contributed by atoms with Crippen LogP contribution in [-0.2, 0) is 11.3 Å². The smallest absolute Gasteiger partial charge is 0.410 e. The van der Waals surface area contributed by atoms with Gasteiger partial charge in [-0.1, -0.05) is 5.16 Å². The Morgan fingerprint density at radius 3 is 2.45 bits per heavy atom. The van der Waals surface area contributed by atoms with Crippen LogP contribution in [0.2, 0.25) is 0 Å². The Bertz CT molecular complexity index is 487. The molecule has 0 atom stereocenters. The molecule has 0 saturated heterocycles. The zero-order valence-electron chi connectivity index (χ0n) is 12.3. The third-order valence-corrected chi connectivity index (χ3v) is 2.36. The zero-order chi connectivity index (χ0) is 15.5. The maximum Gasteiger partial charge on any atom is 0.410 e. The van der Waals surface area contributed by atoms with E-state index in [9.17, 15) is 9.59 Å². The molecule has 0 bridgehead atoms. The highest BCUT2D eigenvalue weighted by Crippen LogP contribution is 2.15. The molecule has 0 aliphatic carbocycles. The van der Waals surface area contributed by atoms with Crippen LogP contribution < -0.4 is 0 Å². The minimum absolute atomic E-state index is 0.104. The van der Waals surface area contributed by atoms with Crippen molar-refractivity contribution >= 4 is 12.1 Å². The fourth-order valence-corrected chi connectivity index (χ4v) is 1.43. The SMILES string of the molecule is CC(C)N(Cc1cc(C(=O)O)no1)C(=O)OC(C)(C)C. The molecule has 1 N–H and O–H groups in total. The molecule has 1 aromatic rings. The number of aromatic carboxylic acids is 1. The highest BCUT2D eigenvalue weighted by molar-refractivity contribution is 5.85. The van der Waals surface area contributed by atoms with Crippen molar-refractivity contribution in [2.75, 3.05) is 0 Å². The number of carbonyl (C=O) groups is 2. The first-order valence-corrected chi connectivity index (χ1v) is 6.28. The molecule has 20 heavy (non-hydrogen) atoms. The summed E-state index contributed by atoms with van der Waals surface area (Å²) < 4.78 is 10.2. The molecule has 0 radical (unpaired) electrons. The van der Waals surface area contributed by atoms with Crippen molar-refractivity contribution in [3.05, 3.63) is 17.5 Å². The van der Waals surface area contributed by atoms with Crippen molar-refractivity contribution in [2.24, 2.45) is 0 Å². The van der Waals surface area contributed by atoms with Crippen molar-refractivity contribution in [2.45, 2.75) is 52.8 Å². The molecular weight excluding hydrogens is 264 g/mol. The van der Waals surface area contributed by atoms with Gasteiger partial charge in [0.25, 0.3) is 0 Å². The quantitative estimate of drug-likeness (QED) is 0.913. The predicted molar refractivity (Wildman–Crippen MR) is 70.4 cm³/mol. The van der Waals surface area contributed by atoms with E-state index in [2.05, 4.69) is 5.16 Å². The van der Waals surface area contributed by atoms with Gasteiger partial charge in [0, 0.05) is 12.1 Å². The average Bonchev–Trinajstić information content (AvgIpc) is 2.71. The number of carbonyl (C=O) groups excluding carboxylic acids is 1. The summed E-state index contributed by atoms with van der Waals surface area (Å²) in [5.74, 6) is -0.879. The Morgan fingerprint density at radius 2 is 2.05 bits per heavy atom. The standard InChI is InChI=1S/C13H20N2O5/c1-8(2)15(12(18)19-13(3,4)5)7-9-6-10(11(16)17)14-20-9/h6,8H,7H2,1-5H3,(H,16,17). The third kappa shape index (κ3) is 4.56. The first kappa shape index (κ1) is 16.0. The van der Waals surface area contributed by atoms with Gasteiger partial charge in [-0.05, 0) is 34.6 Å². The lowest BCUT2D eigenvalue weighted by atomic mass is 10.2. The Balaban J connectivity index is 2.81. The Hall–Kier alpha value is -2.05. The molecule has 0 spiro atoms. The number of amides is 1. The molecule has 1 amide bonds. The summed E-state index contributed by atoms with van der Waals surface area (Å²) in [6.07, 6.45) is -0.485. The van der Waals surface area contributed by atoms with Crippen molar-refractivity contribution in [3.63, 3.8) is 0 Å². The average molecular weight is 284 g/mol. The van der Waals surface area contributed by atoms with Gasteiger partial charge in [-0.3, -0.25) is 4.90 Å². The lowest BCUT2D eigenvalue weighted by molar-refractivity contribution is 0.0153. The minimum atomic E-state index is -1.17. The zero-order valence-corrected chi connectivity index (χ0v) is 12.3. The van der Waals surface area contributed by atoms with Crippen LogP contribution in [0.3, 0.4) is 0 Å². The van der Waals surface area contributed by atoms with E-state index in [-0.39, 0.29) is 18.3 Å². The fraction of sp³-hybridized carbons (Fsp3) is 0.615. The summed E-state index contributed by atoms with van der Waals surface area (Å²) >= 11 is 0. The molecule has 0 aliphatic heterocycles. The molecule has 7 nitrogen and oxygen atoms in total. The van der Waals surface area contributed by atoms with Crippen molar-refractivity contribution in [1.29, 1.82) is 0 Å². The highest BCUT2D eigenvalue weighted by atomic mass is 16.6. The van der Waals surface area contributed by atoms with Crippen LogP contribution in [0.4, 0.5) is 4.79 Å². The summed E-state index contributed by atoms with van der Waals surface area (Å²) in [6, 6.07) is 1.17. The topological polar surface area (TPSA) is 92.9 Å². The van der Waals surface area contributed by atoms with Crippen LogP contribution in [-0.4, -0.2) is 38.9 Å². The summed E-state index contributed by atoms with van der Waals surface area (Å²) in [6.45, 7) is 9.10. The molecule has 0 aromatic carbocycles. The molecule has 7 heteroatoms. The lowest BCUT2D eigenvalue weighted by Gasteiger charge is -2.29. The predicted octanol–water partition coefficient (Wildman–Crippen LogP) is 2.52. The molecule has 1 heterocycles. The lowest BCUT2D eigenvalue weighted by Crippen LogP contribution is -2.40. The van der Waals surface area contributed by atoms with Crippen LogP contribution in [0.5, 0.6) is 0 Å². The van der Waals surface area contributed by atoms with Crippen LogP contribution >= 0.6 is 0 Å². The Labute approximate surface area is 117 Å². The molecule has 0 unspecified atom stereocenters. The van der Waals surface area contributed by atoms with Crippen LogP contribution in [0, 0.1) is 0 Å². The molecule has 112 valence electrons. The highest BCUT2D eigenvalue weighted by Gasteiger charge is 2.25. The van der Waals surface area contributed by atoms with Crippen LogP contribution in [0.1, 0.15) is 50.9 Å². The van der Waals surface area contributed by atoms with Gasteiger partial charge in [-0.2, -0.15) is 0 Å². The number of hydrogen-bond donors (Lipinski definition) is 1. The fourth-order valence-electron chi connectivity index (χ4n) is 1.43. The molecule has 0 fully saturated rings. The number of rotatable bonds is 4. The normalized spacial score (nSPS) is 11.5. The van der Waals surface area contributed by atoms with Gasteiger partial charge in [-0.15, -0.1) is 0 Å². The molecule has 1 rings (SSSR count). The van der Waals surface area contributed by atoms with Gasteiger partial charge in [0.15, 0.2) is 11.5 Å². The van der Waals surface area contributed by atoms with E-state index in [4.69, 9.17) is 14.4 Å². The number of carboxylic acids is 1. The van der Waals surface area contributed by atoms with Crippen molar-refractivity contribution in [1.82, 2.24) is 10.1 Å². The summed E-state index contributed by atoms with van der Waals surface area (Å²) in [7, 11) is 0. The maximum atomic E-state index is 12.1. The molecule has 0 aliphatic rings. The number of hydrogen-bond acceptors (Lipinski definition) is 5. The van der Waals surface area contributed by atoms with Gasteiger partial charge in [0.2, 0.25) is 0 Å². The number of ether oxygens (including phenoxy) is 1. The van der Waals surface area contributed by atoms with E-state index < -0.39 is 17.7 Å². The van der Waals surface area contributed by atoms with Crippen LogP contribution in [0.15, 0.2) is 10.6 Å². The first-order chi connectivity index (χ1) is 9.10. The second-order valence-electron chi connectivity index (χ2n) is 5.69. The van der Waals surface area contributed by atoms with Gasteiger partial charge < -0.3 is 14.4 Å². The molecule has 0 saturated carbocycles. The summed E-state index contributed by atoms with van der Waals surface area (Å²) in [5, 5.41) is 12.2. The summed E-state index contributed by atoms with van der Waals surface area (Å²) in [5.41, 5.74) is -0.786. The van der Waals surface area contributed by atoms with Crippen LogP contribution in [0.25, 0.3) is 0 Å². The second kappa shape index (κ2) is 5.94. The third-order valence-electron chi connectivity index (χ3n) is 2.36. The summed E-state index contributed by atoms with van der Waals surface area (Å²) in [4.78, 5) is 24.2. The number of carboxylic acid groups (broad SMARTS) is 1. The van der Waals surface area contributed by atoms with E-state index in [0.29, 0.717) is 5.76 Å². The van der Waals surface area contributed by atoms with Gasteiger partial charge in [-0.25, -0.2) is 9.59 Å². The van der Waals surface area contributed by atoms with Gasteiger partial charge >= 0.3 is 12.1 Å². The van der Waals surface area contributed by atoms with Crippen molar-refractivity contribution < 1.29 is 24.0 Å². The van der Waals surface area contributed by atoms with E-state index in [1.54, 1.807) is 20.8 Å². The monoisotopic (exact) mass is 284 g/mol. The van der Waals surface area contributed by atoms with E-state index in [0.717, 1.165) is 0 Å². The van der Waals surface area contributed by atoms with Gasteiger partial charge in [0.1, 0.15) is 5.60 Å². The molecular formula is C13H20N2O5. The van der Waals surface area contributed by atoms with Crippen molar-refractivity contribution in [3.8, 4) is 0 Å². The van der Waals surface area contributed by atoms with E-state index >= 15 is 0 Å². The largest absolute Gasteiger partial charge is 0.476 e. The Morgan fingerprint density at radius 1 is 1.45 bits per heavy atom. The number of nitrogens with zero attached hydrogens (tertiary/aromatic N) is 2. The van der Waals surface area contributed by atoms with E-state index in [1.165, 1.54) is 11.0 Å². The second-order valence-corrected chi connectivity index (χ2v) is 5.69.